The van der Waals surface area contributed by atoms with Gasteiger partial charge in [-0.25, -0.2) is 0 Å². The van der Waals surface area contributed by atoms with Gasteiger partial charge >= 0.3 is 0 Å². The molecule has 1 atom stereocenters. The maximum Gasteiger partial charge on any atom is 0.191 e. The Morgan fingerprint density at radius 2 is 2.18 bits per heavy atom. The summed E-state index contributed by atoms with van der Waals surface area (Å²) in [7, 11) is 0. The molecule has 0 aromatic heterocycles. The maximum atomic E-state index is 5.50. The van der Waals surface area contributed by atoms with Crippen molar-refractivity contribution in [2.24, 2.45) is 4.99 Å². The Labute approximate surface area is 155 Å². The zero-order valence-corrected chi connectivity index (χ0v) is 16.6. The molecule has 2 heterocycles. The van der Waals surface area contributed by atoms with E-state index >= 15 is 0 Å². The van der Waals surface area contributed by atoms with Crippen LogP contribution in [0, 0.1) is 0 Å². The summed E-state index contributed by atoms with van der Waals surface area (Å²) in [6.07, 6.45) is 3.08. The number of guanidine groups is 1. The average Bonchev–Trinajstić information content (AvgIpc) is 3.01. The van der Waals surface area contributed by atoms with Gasteiger partial charge in [0.05, 0.1) is 25.3 Å². The molecule has 0 aromatic carbocycles. The lowest BCUT2D eigenvalue weighted by atomic mass is 9.96. The topological polar surface area (TPSA) is 48.9 Å². The minimum atomic E-state index is 0. The highest BCUT2D eigenvalue weighted by Crippen LogP contribution is 2.34. The second-order valence-electron chi connectivity index (χ2n) is 5.49. The van der Waals surface area contributed by atoms with Crippen LogP contribution in [0.2, 0.25) is 0 Å². The van der Waals surface area contributed by atoms with Gasteiger partial charge in [0.2, 0.25) is 0 Å². The van der Waals surface area contributed by atoms with Crippen molar-refractivity contribution in [2.45, 2.75) is 18.9 Å². The Morgan fingerprint density at radius 1 is 1.41 bits per heavy atom. The van der Waals surface area contributed by atoms with Gasteiger partial charge in [-0.1, -0.05) is 6.08 Å². The smallest absolute Gasteiger partial charge is 0.191 e. The van der Waals surface area contributed by atoms with E-state index in [0.29, 0.717) is 0 Å². The third kappa shape index (κ3) is 5.58. The number of thioether (sulfide) groups is 1. The lowest BCUT2D eigenvalue weighted by Crippen LogP contribution is -2.56. The third-order valence-corrected chi connectivity index (χ3v) is 5.29. The van der Waals surface area contributed by atoms with Gasteiger partial charge in [0.25, 0.3) is 0 Å². The van der Waals surface area contributed by atoms with Gasteiger partial charge in [-0.2, -0.15) is 11.8 Å². The molecule has 0 aromatic rings. The predicted molar refractivity (Wildman–Crippen MR) is 107 cm³/mol. The molecule has 0 spiro atoms. The molecule has 0 aliphatic carbocycles. The molecule has 0 bridgehead atoms. The van der Waals surface area contributed by atoms with E-state index in [1.54, 1.807) is 0 Å². The van der Waals surface area contributed by atoms with Crippen LogP contribution in [-0.4, -0.2) is 73.8 Å². The molecule has 7 heteroatoms. The molecular formula is C15H29IN4OS. The Bertz CT molecular complexity index is 355. The van der Waals surface area contributed by atoms with Crippen LogP contribution in [0.15, 0.2) is 17.6 Å². The molecular weight excluding hydrogens is 411 g/mol. The number of nitrogens with zero attached hydrogens (tertiary/aromatic N) is 2. The number of halogens is 1. The summed E-state index contributed by atoms with van der Waals surface area (Å²) in [5, 5.41) is 6.59. The summed E-state index contributed by atoms with van der Waals surface area (Å²) in [5.74, 6) is 3.31. The molecule has 0 saturated carbocycles. The lowest BCUT2D eigenvalue weighted by Gasteiger charge is -2.42. The molecule has 0 amide bonds. The Kier molecular flexibility index (Phi) is 9.77. The highest BCUT2D eigenvalue weighted by atomic mass is 127. The van der Waals surface area contributed by atoms with Crippen LogP contribution < -0.4 is 10.6 Å². The highest BCUT2D eigenvalue weighted by molar-refractivity contribution is 14.0. The number of nitrogens with one attached hydrogen (secondary N) is 2. The van der Waals surface area contributed by atoms with Gasteiger partial charge in [0.15, 0.2) is 5.96 Å². The monoisotopic (exact) mass is 440 g/mol. The largest absolute Gasteiger partial charge is 0.379 e. The van der Waals surface area contributed by atoms with E-state index in [1.807, 2.05) is 17.8 Å². The summed E-state index contributed by atoms with van der Waals surface area (Å²) in [5.41, 5.74) is 0.213. The van der Waals surface area contributed by atoms with Crippen molar-refractivity contribution in [2.75, 3.05) is 57.4 Å². The van der Waals surface area contributed by atoms with Gasteiger partial charge in [0.1, 0.15) is 0 Å². The predicted octanol–water partition coefficient (Wildman–Crippen LogP) is 1.55. The van der Waals surface area contributed by atoms with Crippen LogP contribution >= 0.6 is 35.7 Å². The summed E-state index contributed by atoms with van der Waals surface area (Å²) < 4.78 is 5.50. The fourth-order valence-corrected chi connectivity index (χ4v) is 4.31. The van der Waals surface area contributed by atoms with Crippen molar-refractivity contribution in [3.05, 3.63) is 12.7 Å². The molecule has 128 valence electrons. The van der Waals surface area contributed by atoms with E-state index in [4.69, 9.17) is 9.73 Å². The molecule has 2 aliphatic rings. The SMILES string of the molecule is C=CCNC(=NCC1(N2CCOCC2)CCSC1)NCC.I. The first-order chi connectivity index (χ1) is 10.3. The van der Waals surface area contributed by atoms with Gasteiger partial charge in [0, 0.05) is 31.9 Å². The number of hydrogen-bond donors (Lipinski definition) is 2. The van der Waals surface area contributed by atoms with Crippen molar-refractivity contribution < 1.29 is 4.74 Å². The van der Waals surface area contributed by atoms with Crippen molar-refractivity contribution in [3.63, 3.8) is 0 Å². The molecule has 2 rings (SSSR count). The van der Waals surface area contributed by atoms with E-state index in [-0.39, 0.29) is 29.5 Å². The van der Waals surface area contributed by atoms with Gasteiger partial charge in [-0.3, -0.25) is 9.89 Å². The standard InChI is InChI=1S/C15H28N4OS.HI/c1-3-6-17-14(16-4-2)18-12-15(5-11-21-13-15)19-7-9-20-10-8-19;/h3H,1,4-13H2,2H3,(H2,16,17,18);1H. The van der Waals surface area contributed by atoms with Gasteiger partial charge in [-0.05, 0) is 19.1 Å². The molecule has 2 saturated heterocycles. The number of aliphatic imine (C=N–C) groups is 1. The van der Waals surface area contributed by atoms with Gasteiger partial charge < -0.3 is 15.4 Å². The van der Waals surface area contributed by atoms with Crippen LogP contribution in [0.5, 0.6) is 0 Å². The van der Waals surface area contributed by atoms with Crippen molar-refractivity contribution in [1.82, 2.24) is 15.5 Å². The molecule has 2 fully saturated rings. The van der Waals surface area contributed by atoms with Crippen LogP contribution in [0.4, 0.5) is 0 Å². The Hall–Kier alpha value is 0.01000. The first-order valence-electron chi connectivity index (χ1n) is 7.84. The summed E-state index contributed by atoms with van der Waals surface area (Å²) in [6, 6.07) is 0. The molecule has 0 radical (unpaired) electrons. The molecule has 2 aliphatic heterocycles. The Balaban J connectivity index is 0.00000242. The van der Waals surface area contributed by atoms with E-state index in [1.165, 1.54) is 17.9 Å². The van der Waals surface area contributed by atoms with Crippen molar-refractivity contribution in [3.8, 4) is 0 Å². The Morgan fingerprint density at radius 3 is 2.77 bits per heavy atom. The van der Waals surface area contributed by atoms with Crippen LogP contribution in [0.3, 0.4) is 0 Å². The fraction of sp³-hybridized carbons (Fsp3) is 0.800. The molecule has 22 heavy (non-hydrogen) atoms. The lowest BCUT2D eigenvalue weighted by molar-refractivity contribution is -0.0104. The maximum absolute atomic E-state index is 5.50. The van der Waals surface area contributed by atoms with Crippen molar-refractivity contribution in [1.29, 1.82) is 0 Å². The molecule has 5 nitrogen and oxygen atoms in total. The van der Waals surface area contributed by atoms with Gasteiger partial charge in [-0.15, -0.1) is 30.6 Å². The normalized spacial score (nSPS) is 26.3. The first-order valence-corrected chi connectivity index (χ1v) is 9.00. The average molecular weight is 440 g/mol. The number of ether oxygens (including phenoxy) is 1. The number of hydrogen-bond acceptors (Lipinski definition) is 4. The van der Waals surface area contributed by atoms with E-state index in [0.717, 1.165) is 51.9 Å². The summed E-state index contributed by atoms with van der Waals surface area (Å²) >= 11 is 2.05. The highest BCUT2D eigenvalue weighted by Gasteiger charge is 2.40. The van der Waals surface area contributed by atoms with E-state index < -0.39 is 0 Å². The summed E-state index contributed by atoms with van der Waals surface area (Å²) in [4.78, 5) is 7.43. The van der Waals surface area contributed by atoms with Crippen LogP contribution in [-0.2, 0) is 4.74 Å². The fourth-order valence-electron chi connectivity index (χ4n) is 2.85. The zero-order chi connectivity index (χ0) is 15.0. The molecule has 2 N–H and O–H groups in total. The molecule has 1 unspecified atom stereocenters. The summed E-state index contributed by atoms with van der Waals surface area (Å²) in [6.45, 7) is 12.1. The second-order valence-corrected chi connectivity index (χ2v) is 6.60. The minimum Gasteiger partial charge on any atom is -0.379 e. The zero-order valence-electron chi connectivity index (χ0n) is 13.5. The first kappa shape index (κ1) is 20.1. The number of rotatable bonds is 6. The number of morpholine rings is 1. The van der Waals surface area contributed by atoms with Crippen LogP contribution in [0.1, 0.15) is 13.3 Å². The van der Waals surface area contributed by atoms with E-state index in [9.17, 15) is 0 Å². The van der Waals surface area contributed by atoms with Crippen LogP contribution in [0.25, 0.3) is 0 Å². The quantitative estimate of drug-likeness (QED) is 0.284. The minimum absolute atomic E-state index is 0. The second kappa shape index (κ2) is 10.7. The van der Waals surface area contributed by atoms with Crippen molar-refractivity contribution >= 4 is 41.7 Å². The van der Waals surface area contributed by atoms with E-state index in [2.05, 4.69) is 29.0 Å². The third-order valence-electron chi connectivity index (χ3n) is 4.05.